The molecule has 0 fully saturated rings. The summed E-state index contributed by atoms with van der Waals surface area (Å²) in [5.41, 5.74) is 3.46. The van der Waals surface area contributed by atoms with Crippen LogP contribution in [0.25, 0.3) is 0 Å². The fourth-order valence-electron chi connectivity index (χ4n) is 4.92. The zero-order valence-corrected chi connectivity index (χ0v) is 18.2. The third kappa shape index (κ3) is 2.89. The molecule has 0 radical (unpaired) electrons. The molecule has 0 atom stereocenters. The Balaban J connectivity index is 1.99. The van der Waals surface area contributed by atoms with Gasteiger partial charge in [-0.1, -0.05) is 60.7 Å². The van der Waals surface area contributed by atoms with E-state index in [1.807, 2.05) is 60.7 Å². The van der Waals surface area contributed by atoms with Crippen molar-refractivity contribution in [2.75, 3.05) is 14.2 Å². The van der Waals surface area contributed by atoms with E-state index >= 15 is 0 Å². The van der Waals surface area contributed by atoms with Crippen LogP contribution in [0, 0.1) is 0 Å². The van der Waals surface area contributed by atoms with Crippen LogP contribution in [0.15, 0.2) is 84.9 Å². The molecule has 0 unspecified atom stereocenters. The van der Waals surface area contributed by atoms with Crippen LogP contribution in [0.3, 0.4) is 0 Å². The number of hydrogen-bond acceptors (Lipinski definition) is 5. The van der Waals surface area contributed by atoms with Crippen LogP contribution in [0.1, 0.15) is 38.2 Å². The number of aromatic hydroxyl groups is 2. The Morgan fingerprint density at radius 2 is 1.06 bits per heavy atom. The first-order chi connectivity index (χ1) is 16.0. The van der Waals surface area contributed by atoms with E-state index in [4.69, 9.17) is 9.47 Å². The minimum Gasteiger partial charge on any atom is -0.504 e. The maximum absolute atomic E-state index is 13.5. The summed E-state index contributed by atoms with van der Waals surface area (Å²) < 4.78 is 10.9. The SMILES string of the molecule is COc1cc(C2(c3ccc(O)c(OC)c3)c3ccccc3C(=O)c3ccccc32)ccc1O. The molecule has 0 heterocycles. The number of methoxy groups -OCH3 is 2. The summed E-state index contributed by atoms with van der Waals surface area (Å²) in [6.07, 6.45) is 0. The molecule has 5 nitrogen and oxygen atoms in total. The Bertz CT molecular complexity index is 1280. The van der Waals surface area contributed by atoms with Gasteiger partial charge in [0.15, 0.2) is 28.8 Å². The second-order valence-corrected chi connectivity index (χ2v) is 7.94. The average molecular weight is 438 g/mol. The van der Waals surface area contributed by atoms with Crippen LogP contribution in [0.5, 0.6) is 23.0 Å². The maximum atomic E-state index is 13.5. The van der Waals surface area contributed by atoms with Crippen molar-refractivity contribution in [1.82, 2.24) is 0 Å². The molecular weight excluding hydrogens is 416 g/mol. The fraction of sp³-hybridized carbons (Fsp3) is 0.107. The van der Waals surface area contributed by atoms with Crippen LogP contribution in [0.4, 0.5) is 0 Å². The number of carbonyl (C=O) groups is 1. The molecule has 0 saturated heterocycles. The minimum atomic E-state index is -0.928. The largest absolute Gasteiger partial charge is 0.504 e. The van der Waals surface area contributed by atoms with Gasteiger partial charge in [-0.2, -0.15) is 0 Å². The molecule has 5 rings (SSSR count). The zero-order chi connectivity index (χ0) is 23.2. The lowest BCUT2D eigenvalue weighted by molar-refractivity contribution is 0.103. The molecule has 4 aromatic rings. The normalized spacial score (nSPS) is 13.7. The molecule has 1 aliphatic rings. The molecule has 33 heavy (non-hydrogen) atoms. The first kappa shape index (κ1) is 20.6. The predicted molar refractivity (Wildman–Crippen MR) is 125 cm³/mol. The van der Waals surface area contributed by atoms with Crippen LogP contribution >= 0.6 is 0 Å². The Kier molecular flexibility index (Phi) is 4.82. The molecule has 0 spiro atoms. The lowest BCUT2D eigenvalue weighted by atomic mass is 9.59. The van der Waals surface area contributed by atoms with Crippen molar-refractivity contribution in [2.45, 2.75) is 5.41 Å². The van der Waals surface area contributed by atoms with E-state index in [1.165, 1.54) is 14.2 Å². The average Bonchev–Trinajstić information content (AvgIpc) is 2.86. The lowest BCUT2D eigenvalue weighted by Gasteiger charge is -2.41. The van der Waals surface area contributed by atoms with Gasteiger partial charge in [-0.15, -0.1) is 0 Å². The molecule has 5 heteroatoms. The summed E-state index contributed by atoms with van der Waals surface area (Å²) in [6.45, 7) is 0. The van der Waals surface area contributed by atoms with Gasteiger partial charge < -0.3 is 19.7 Å². The molecule has 0 aliphatic heterocycles. The monoisotopic (exact) mass is 438 g/mol. The predicted octanol–water partition coefficient (Wildman–Crippen LogP) is 5.04. The topological polar surface area (TPSA) is 76.0 Å². The standard InChI is InChI=1S/C28H22O5/c1-32-25-15-17(11-13-23(25)29)28(18-12-14-24(30)26(16-18)33-2)21-9-5-3-7-19(21)27(31)20-8-4-6-10-22(20)28/h3-16,29-30H,1-2H3. The number of fused-ring (bicyclic) bond motifs is 2. The summed E-state index contributed by atoms with van der Waals surface area (Å²) in [4.78, 5) is 13.5. The third-order valence-corrected chi connectivity index (χ3v) is 6.38. The van der Waals surface area contributed by atoms with Crippen molar-refractivity contribution >= 4 is 5.78 Å². The van der Waals surface area contributed by atoms with E-state index in [0.717, 1.165) is 22.3 Å². The van der Waals surface area contributed by atoms with Crippen LogP contribution in [0.2, 0.25) is 0 Å². The van der Waals surface area contributed by atoms with Crippen LogP contribution < -0.4 is 9.47 Å². The fourth-order valence-corrected chi connectivity index (χ4v) is 4.92. The molecular formula is C28H22O5. The molecule has 164 valence electrons. The number of ketones is 1. The van der Waals surface area contributed by atoms with Crippen molar-refractivity contribution in [3.8, 4) is 23.0 Å². The van der Waals surface area contributed by atoms with Gasteiger partial charge in [0.2, 0.25) is 0 Å². The second-order valence-electron chi connectivity index (χ2n) is 7.94. The number of carbonyl (C=O) groups excluding carboxylic acids is 1. The van der Waals surface area contributed by atoms with E-state index in [-0.39, 0.29) is 17.3 Å². The molecule has 0 saturated carbocycles. The number of benzene rings is 4. The van der Waals surface area contributed by atoms with E-state index in [0.29, 0.717) is 22.6 Å². The van der Waals surface area contributed by atoms with Crippen molar-refractivity contribution in [2.24, 2.45) is 0 Å². The molecule has 0 bridgehead atoms. The van der Waals surface area contributed by atoms with Gasteiger partial charge in [0.1, 0.15) is 0 Å². The summed E-state index contributed by atoms with van der Waals surface area (Å²) in [5.74, 6) is 0.642. The van der Waals surface area contributed by atoms with E-state index in [1.54, 1.807) is 24.3 Å². The number of rotatable bonds is 4. The summed E-state index contributed by atoms with van der Waals surface area (Å²) in [6, 6.07) is 25.5. The first-order valence-corrected chi connectivity index (χ1v) is 10.5. The highest BCUT2D eigenvalue weighted by atomic mass is 16.5. The highest BCUT2D eigenvalue weighted by Gasteiger charge is 2.46. The van der Waals surface area contributed by atoms with Gasteiger partial charge in [-0.25, -0.2) is 0 Å². The van der Waals surface area contributed by atoms with E-state index in [9.17, 15) is 15.0 Å². The zero-order valence-electron chi connectivity index (χ0n) is 18.2. The van der Waals surface area contributed by atoms with Crippen molar-refractivity contribution in [3.05, 3.63) is 118 Å². The number of ether oxygens (including phenoxy) is 2. The summed E-state index contributed by atoms with van der Waals surface area (Å²) >= 11 is 0. The van der Waals surface area contributed by atoms with E-state index < -0.39 is 5.41 Å². The molecule has 4 aromatic carbocycles. The minimum absolute atomic E-state index is 0.0214. The molecule has 2 N–H and O–H groups in total. The number of phenolic OH excluding ortho intramolecular Hbond substituents is 2. The van der Waals surface area contributed by atoms with Crippen LogP contribution in [-0.2, 0) is 5.41 Å². The Labute approximate surface area is 191 Å². The highest BCUT2D eigenvalue weighted by molar-refractivity contribution is 6.14. The van der Waals surface area contributed by atoms with Gasteiger partial charge in [0.25, 0.3) is 0 Å². The van der Waals surface area contributed by atoms with Gasteiger partial charge >= 0.3 is 0 Å². The summed E-state index contributed by atoms with van der Waals surface area (Å²) in [7, 11) is 3.00. The van der Waals surface area contributed by atoms with Crippen molar-refractivity contribution < 1.29 is 24.5 Å². The van der Waals surface area contributed by atoms with Crippen molar-refractivity contribution in [3.63, 3.8) is 0 Å². The van der Waals surface area contributed by atoms with Gasteiger partial charge in [0.05, 0.1) is 19.6 Å². The number of phenols is 2. The van der Waals surface area contributed by atoms with Crippen molar-refractivity contribution in [1.29, 1.82) is 0 Å². The molecule has 1 aliphatic carbocycles. The lowest BCUT2D eigenvalue weighted by Crippen LogP contribution is -2.38. The number of hydrogen-bond donors (Lipinski definition) is 2. The molecule has 0 aromatic heterocycles. The second kappa shape index (κ2) is 7.71. The van der Waals surface area contributed by atoms with Gasteiger partial charge in [0, 0.05) is 11.1 Å². The van der Waals surface area contributed by atoms with Crippen LogP contribution in [-0.4, -0.2) is 30.2 Å². The maximum Gasteiger partial charge on any atom is 0.193 e. The smallest absolute Gasteiger partial charge is 0.193 e. The summed E-state index contributed by atoms with van der Waals surface area (Å²) in [5, 5.41) is 20.6. The quantitative estimate of drug-likeness (QED) is 0.411. The van der Waals surface area contributed by atoms with E-state index in [2.05, 4.69) is 0 Å². The Hall–Kier alpha value is -4.25. The Morgan fingerprint density at radius 3 is 1.48 bits per heavy atom. The molecule has 0 amide bonds. The highest BCUT2D eigenvalue weighted by Crippen LogP contribution is 2.52. The Morgan fingerprint density at radius 1 is 0.636 bits per heavy atom. The first-order valence-electron chi connectivity index (χ1n) is 10.5. The third-order valence-electron chi connectivity index (χ3n) is 6.38. The van der Waals surface area contributed by atoms with Gasteiger partial charge in [-0.3, -0.25) is 4.79 Å². The van der Waals surface area contributed by atoms with Gasteiger partial charge in [-0.05, 0) is 46.5 Å².